The van der Waals surface area contributed by atoms with Gasteiger partial charge in [-0.1, -0.05) is 115 Å². The number of nitrogens with zero attached hydrogens (tertiary/aromatic N) is 3. The first-order chi connectivity index (χ1) is 25.3. The highest BCUT2D eigenvalue weighted by Crippen LogP contribution is 2.54. The third-order valence-electron chi connectivity index (χ3n) is 11.4. The number of allylic oxidation sites excluding steroid dienone is 4. The zero-order chi connectivity index (χ0) is 33.5. The molecule has 2 unspecified atom stereocenters. The standard InChI is InChI=1S/C48H35N3/c1-3-14-32(15-4-1)33-16-13-19-35(28-33)50-44-24-11-7-20-37(44)40-29-36(26-27-46(40)50)51-45-25-12-9-22-39(45)42-30-41-38-21-8-10-23-43(38)49(47(41)31-48(42)51)34-17-5-2-6-18-34/h1-28,30,40,47H,29,31H2. The van der Waals surface area contributed by atoms with Crippen molar-refractivity contribution in [2.75, 3.05) is 9.80 Å². The molecule has 0 radical (unpaired) electrons. The molecule has 0 saturated heterocycles. The lowest BCUT2D eigenvalue weighted by Gasteiger charge is -2.32. The van der Waals surface area contributed by atoms with E-state index in [0.29, 0.717) is 0 Å². The summed E-state index contributed by atoms with van der Waals surface area (Å²) >= 11 is 0. The van der Waals surface area contributed by atoms with Gasteiger partial charge >= 0.3 is 0 Å². The minimum Gasteiger partial charge on any atom is -0.333 e. The van der Waals surface area contributed by atoms with Gasteiger partial charge in [-0.3, -0.25) is 0 Å². The van der Waals surface area contributed by atoms with Gasteiger partial charge < -0.3 is 14.4 Å². The van der Waals surface area contributed by atoms with Crippen LogP contribution in [0, 0.1) is 0 Å². The van der Waals surface area contributed by atoms with Gasteiger partial charge in [-0.25, -0.2) is 0 Å². The Kier molecular flexibility index (Phi) is 6.20. The van der Waals surface area contributed by atoms with Gasteiger partial charge in [0.15, 0.2) is 0 Å². The van der Waals surface area contributed by atoms with Crippen molar-refractivity contribution < 1.29 is 0 Å². The Morgan fingerprint density at radius 1 is 0.549 bits per heavy atom. The lowest BCUT2D eigenvalue weighted by Crippen LogP contribution is -2.31. The average Bonchev–Trinajstić information content (AvgIpc) is 3.83. The monoisotopic (exact) mass is 653 g/mol. The molecule has 0 amide bonds. The van der Waals surface area contributed by atoms with Crippen molar-refractivity contribution in [2.24, 2.45) is 0 Å². The van der Waals surface area contributed by atoms with E-state index in [2.05, 4.69) is 190 Å². The fraction of sp³-hybridized carbons (Fsp3) is 0.0833. The highest BCUT2D eigenvalue weighted by molar-refractivity contribution is 6.06. The van der Waals surface area contributed by atoms with Crippen LogP contribution in [0.5, 0.6) is 0 Å². The van der Waals surface area contributed by atoms with E-state index in [9.17, 15) is 0 Å². The van der Waals surface area contributed by atoms with E-state index >= 15 is 0 Å². The van der Waals surface area contributed by atoms with Gasteiger partial charge in [0.1, 0.15) is 0 Å². The first-order valence-electron chi connectivity index (χ1n) is 18.0. The largest absolute Gasteiger partial charge is 0.333 e. The predicted molar refractivity (Wildman–Crippen MR) is 212 cm³/mol. The van der Waals surface area contributed by atoms with E-state index < -0.39 is 0 Å². The van der Waals surface area contributed by atoms with E-state index in [1.807, 2.05) is 0 Å². The Hall–Kier alpha value is -6.32. The Labute approximate surface area is 298 Å². The predicted octanol–water partition coefficient (Wildman–Crippen LogP) is 12.0. The summed E-state index contributed by atoms with van der Waals surface area (Å²) in [5.41, 5.74) is 18.4. The molecule has 0 saturated carbocycles. The second kappa shape index (κ2) is 11.1. The van der Waals surface area contributed by atoms with Crippen molar-refractivity contribution >= 4 is 51.0 Å². The van der Waals surface area contributed by atoms with Crippen LogP contribution in [0.25, 0.3) is 39.4 Å². The lowest BCUT2D eigenvalue weighted by molar-refractivity contribution is 0.749. The van der Waals surface area contributed by atoms with Crippen molar-refractivity contribution in [1.82, 2.24) is 4.57 Å². The van der Waals surface area contributed by atoms with Crippen LogP contribution in [0.1, 0.15) is 34.7 Å². The SMILES string of the molecule is C1=C2c3ccccc3N(c3ccccc3)C2Cc2c1c1ccccc1n2C1=CC=C2C(C1)c1ccccc1N2c1cccc(-c2ccccc2)c1. The molecule has 6 aromatic carbocycles. The van der Waals surface area contributed by atoms with Crippen molar-refractivity contribution in [1.29, 1.82) is 0 Å². The van der Waals surface area contributed by atoms with Gasteiger partial charge in [0, 0.05) is 75.1 Å². The van der Waals surface area contributed by atoms with Crippen LogP contribution in [0.2, 0.25) is 0 Å². The molecule has 2 atom stereocenters. The normalized spacial score (nSPS) is 18.3. The summed E-state index contributed by atoms with van der Waals surface area (Å²) < 4.78 is 2.61. The molecule has 3 heteroatoms. The molecule has 0 fully saturated rings. The molecule has 3 nitrogen and oxygen atoms in total. The van der Waals surface area contributed by atoms with Crippen LogP contribution in [-0.2, 0) is 6.42 Å². The van der Waals surface area contributed by atoms with Crippen molar-refractivity contribution in [2.45, 2.75) is 24.8 Å². The Balaban J connectivity index is 1.05. The molecular formula is C48H35N3. The highest BCUT2D eigenvalue weighted by atomic mass is 15.2. The van der Waals surface area contributed by atoms with Gasteiger partial charge in [0.25, 0.3) is 0 Å². The summed E-state index contributed by atoms with van der Waals surface area (Å²) in [6.45, 7) is 0. The smallest absolute Gasteiger partial charge is 0.0653 e. The Morgan fingerprint density at radius 3 is 2.14 bits per heavy atom. The fourth-order valence-electron chi connectivity index (χ4n) is 9.26. The quantitative estimate of drug-likeness (QED) is 0.187. The molecular weight excluding hydrogens is 619 g/mol. The van der Waals surface area contributed by atoms with E-state index in [1.54, 1.807) is 0 Å². The van der Waals surface area contributed by atoms with Crippen LogP contribution in [0.3, 0.4) is 0 Å². The highest BCUT2D eigenvalue weighted by Gasteiger charge is 2.41. The maximum atomic E-state index is 2.61. The summed E-state index contributed by atoms with van der Waals surface area (Å²) in [7, 11) is 0. The van der Waals surface area contributed by atoms with Crippen LogP contribution in [0.4, 0.5) is 22.7 Å². The third-order valence-corrected chi connectivity index (χ3v) is 11.4. The first-order valence-corrected chi connectivity index (χ1v) is 18.0. The summed E-state index contributed by atoms with van der Waals surface area (Å²) in [6.07, 6.45) is 9.17. The van der Waals surface area contributed by atoms with Crippen molar-refractivity contribution in [3.63, 3.8) is 0 Å². The van der Waals surface area contributed by atoms with Gasteiger partial charge in [-0.2, -0.15) is 0 Å². The van der Waals surface area contributed by atoms with Crippen molar-refractivity contribution in [3.8, 4) is 11.1 Å². The maximum absolute atomic E-state index is 2.61. The lowest BCUT2D eigenvalue weighted by atomic mass is 9.88. The fourth-order valence-corrected chi connectivity index (χ4v) is 9.26. The number of hydrogen-bond acceptors (Lipinski definition) is 2. The first kappa shape index (κ1) is 28.5. The number of anilines is 4. The van der Waals surface area contributed by atoms with Crippen LogP contribution in [0.15, 0.2) is 176 Å². The van der Waals surface area contributed by atoms with E-state index in [1.165, 1.54) is 84.1 Å². The number of benzene rings is 6. The molecule has 0 bridgehead atoms. The van der Waals surface area contributed by atoms with Crippen LogP contribution in [-0.4, -0.2) is 10.6 Å². The molecule has 7 aromatic rings. The molecule has 0 spiro atoms. The number of rotatable bonds is 4. The zero-order valence-corrected chi connectivity index (χ0v) is 28.2. The average molecular weight is 654 g/mol. The number of fused-ring (bicyclic) bond motifs is 9. The van der Waals surface area contributed by atoms with E-state index in [4.69, 9.17) is 0 Å². The van der Waals surface area contributed by atoms with E-state index in [0.717, 1.165) is 12.8 Å². The zero-order valence-electron chi connectivity index (χ0n) is 28.2. The molecule has 11 rings (SSSR count). The molecule has 4 aliphatic rings. The number of para-hydroxylation sites is 4. The van der Waals surface area contributed by atoms with E-state index in [-0.39, 0.29) is 12.0 Å². The van der Waals surface area contributed by atoms with Gasteiger partial charge in [-0.15, -0.1) is 0 Å². The molecule has 2 aliphatic carbocycles. The minimum atomic E-state index is 0.232. The maximum Gasteiger partial charge on any atom is 0.0653 e. The van der Waals surface area contributed by atoms with Crippen LogP contribution < -0.4 is 9.80 Å². The molecule has 3 heterocycles. The van der Waals surface area contributed by atoms with Gasteiger partial charge in [0.05, 0.1) is 11.6 Å². The van der Waals surface area contributed by atoms with Crippen molar-refractivity contribution in [3.05, 3.63) is 198 Å². The second-order valence-corrected chi connectivity index (χ2v) is 14.1. The Morgan fingerprint density at radius 2 is 1.25 bits per heavy atom. The summed E-state index contributed by atoms with van der Waals surface area (Å²) in [5.74, 6) is 0.268. The number of aromatic nitrogens is 1. The summed E-state index contributed by atoms with van der Waals surface area (Å²) in [6, 6.07) is 57.8. The molecule has 0 N–H and O–H groups in total. The van der Waals surface area contributed by atoms with Gasteiger partial charge in [-0.05, 0) is 83.0 Å². The topological polar surface area (TPSA) is 11.4 Å². The molecule has 1 aromatic heterocycles. The molecule has 2 aliphatic heterocycles. The summed E-state index contributed by atoms with van der Waals surface area (Å²) in [5, 5.41) is 1.33. The number of hydrogen-bond donors (Lipinski definition) is 0. The molecule has 51 heavy (non-hydrogen) atoms. The third kappa shape index (κ3) is 4.25. The van der Waals surface area contributed by atoms with Crippen LogP contribution >= 0.6 is 0 Å². The molecule has 242 valence electrons. The summed E-state index contributed by atoms with van der Waals surface area (Å²) in [4.78, 5) is 5.06. The second-order valence-electron chi connectivity index (χ2n) is 14.1. The van der Waals surface area contributed by atoms with Gasteiger partial charge in [0.2, 0.25) is 0 Å². The minimum absolute atomic E-state index is 0.232. The Bertz CT molecular complexity index is 2600.